The van der Waals surface area contributed by atoms with Crippen LogP contribution in [0.3, 0.4) is 0 Å². The predicted molar refractivity (Wildman–Crippen MR) is 144 cm³/mol. The van der Waals surface area contributed by atoms with Crippen molar-refractivity contribution < 1.29 is 19.1 Å². The number of hydrogen-bond acceptors (Lipinski definition) is 9. The molecule has 0 saturated heterocycles. The molecule has 8 nitrogen and oxygen atoms in total. The second-order valence-electron chi connectivity index (χ2n) is 8.29. The summed E-state index contributed by atoms with van der Waals surface area (Å²) in [5.41, 5.74) is 2.61. The van der Waals surface area contributed by atoms with Crippen LogP contribution < -0.4 is 10.6 Å². The van der Waals surface area contributed by atoms with E-state index in [0.29, 0.717) is 32.9 Å². The van der Waals surface area contributed by atoms with Gasteiger partial charge in [-0.1, -0.05) is 53.4 Å². The highest BCUT2D eigenvalue weighted by Gasteiger charge is 2.28. The molecule has 0 bridgehead atoms. The van der Waals surface area contributed by atoms with Gasteiger partial charge in [-0.3, -0.25) is 9.59 Å². The van der Waals surface area contributed by atoms with E-state index in [0.717, 1.165) is 41.7 Å². The molecule has 1 aromatic carbocycles. The molecule has 2 heterocycles. The standard InChI is InChI=1S/C25H28N4O4S3/c1-3-33-23(32)20-17-11-7-8-12-18(17)35-22(20)27-21(31)15(2)34-25-29-28-24(36-25)26-19(30)14-13-16-9-5-4-6-10-16/h4-6,9-10,15H,3,7-8,11-14H2,1-2H3,(H,27,31)(H,26,28,30). The Morgan fingerprint density at radius 2 is 1.86 bits per heavy atom. The summed E-state index contributed by atoms with van der Waals surface area (Å²) in [6, 6.07) is 9.81. The number of carbonyl (C=O) groups excluding carboxylic acids is 3. The normalized spacial score (nSPS) is 13.5. The summed E-state index contributed by atoms with van der Waals surface area (Å²) in [4.78, 5) is 39.0. The molecule has 11 heteroatoms. The third kappa shape index (κ3) is 6.71. The number of nitrogens with one attached hydrogen (secondary N) is 2. The Morgan fingerprint density at radius 1 is 1.08 bits per heavy atom. The number of hydrogen-bond donors (Lipinski definition) is 2. The van der Waals surface area contributed by atoms with Crippen LogP contribution in [0.2, 0.25) is 0 Å². The average Bonchev–Trinajstić information content (AvgIpc) is 3.47. The summed E-state index contributed by atoms with van der Waals surface area (Å²) < 4.78 is 5.84. The first kappa shape index (κ1) is 26.3. The molecule has 2 amide bonds. The van der Waals surface area contributed by atoms with Gasteiger partial charge in [0, 0.05) is 11.3 Å². The monoisotopic (exact) mass is 544 g/mol. The van der Waals surface area contributed by atoms with E-state index < -0.39 is 5.25 Å². The average molecular weight is 545 g/mol. The van der Waals surface area contributed by atoms with E-state index in [-0.39, 0.29) is 24.4 Å². The molecule has 1 atom stereocenters. The highest BCUT2D eigenvalue weighted by atomic mass is 32.2. The molecule has 1 aliphatic carbocycles. The largest absolute Gasteiger partial charge is 0.462 e. The first-order valence-corrected chi connectivity index (χ1v) is 14.4. The molecule has 36 heavy (non-hydrogen) atoms. The van der Waals surface area contributed by atoms with Gasteiger partial charge in [0.05, 0.1) is 17.4 Å². The van der Waals surface area contributed by atoms with Gasteiger partial charge in [0.25, 0.3) is 0 Å². The van der Waals surface area contributed by atoms with Gasteiger partial charge in [-0.25, -0.2) is 4.79 Å². The smallest absolute Gasteiger partial charge is 0.341 e. The lowest BCUT2D eigenvalue weighted by Gasteiger charge is -2.13. The van der Waals surface area contributed by atoms with Gasteiger partial charge in [-0.2, -0.15) is 0 Å². The van der Waals surface area contributed by atoms with Crippen molar-refractivity contribution in [3.63, 3.8) is 0 Å². The highest BCUT2D eigenvalue weighted by molar-refractivity contribution is 8.02. The number of rotatable bonds is 10. The molecule has 0 spiro atoms. The number of nitrogens with zero attached hydrogens (tertiary/aromatic N) is 2. The lowest BCUT2D eigenvalue weighted by atomic mass is 9.95. The summed E-state index contributed by atoms with van der Waals surface area (Å²) in [7, 11) is 0. The maximum atomic E-state index is 13.0. The minimum Gasteiger partial charge on any atom is -0.462 e. The van der Waals surface area contributed by atoms with Gasteiger partial charge in [0.2, 0.25) is 16.9 Å². The van der Waals surface area contributed by atoms with Crippen molar-refractivity contribution in [2.45, 2.75) is 62.0 Å². The molecule has 190 valence electrons. The fraction of sp³-hybridized carbons (Fsp3) is 0.400. The van der Waals surface area contributed by atoms with Crippen LogP contribution in [0.15, 0.2) is 34.7 Å². The van der Waals surface area contributed by atoms with Gasteiger partial charge >= 0.3 is 5.97 Å². The molecule has 2 aromatic heterocycles. The molecule has 0 fully saturated rings. The quantitative estimate of drug-likeness (QED) is 0.201. The summed E-state index contributed by atoms with van der Waals surface area (Å²) >= 11 is 3.95. The number of aryl methyl sites for hydroxylation is 2. The number of aromatic nitrogens is 2. The third-order valence-electron chi connectivity index (χ3n) is 5.67. The van der Waals surface area contributed by atoms with Crippen LogP contribution in [0.25, 0.3) is 0 Å². The highest BCUT2D eigenvalue weighted by Crippen LogP contribution is 2.39. The van der Waals surface area contributed by atoms with E-state index in [1.165, 1.54) is 34.4 Å². The fourth-order valence-corrected chi connectivity index (χ4v) is 7.08. The van der Waals surface area contributed by atoms with Crippen molar-refractivity contribution in [2.75, 3.05) is 17.2 Å². The van der Waals surface area contributed by atoms with Gasteiger partial charge in [-0.05, 0) is 57.1 Å². The van der Waals surface area contributed by atoms with Crippen molar-refractivity contribution >= 4 is 62.4 Å². The molecule has 2 N–H and O–H groups in total. The van der Waals surface area contributed by atoms with Gasteiger partial charge in [-0.15, -0.1) is 21.5 Å². The second kappa shape index (κ2) is 12.5. The Morgan fingerprint density at radius 3 is 2.64 bits per heavy atom. The van der Waals surface area contributed by atoms with Crippen LogP contribution in [0.5, 0.6) is 0 Å². The molecule has 1 unspecified atom stereocenters. The molecule has 3 aromatic rings. The minimum absolute atomic E-state index is 0.134. The van der Waals surface area contributed by atoms with E-state index in [1.807, 2.05) is 30.3 Å². The third-order valence-corrected chi connectivity index (χ3v) is 8.90. The lowest BCUT2D eigenvalue weighted by molar-refractivity contribution is -0.116. The van der Waals surface area contributed by atoms with Gasteiger partial charge in [0.1, 0.15) is 5.00 Å². The Balaban J connectivity index is 1.33. The SMILES string of the molecule is CCOC(=O)c1c(NC(=O)C(C)Sc2nnc(NC(=O)CCc3ccccc3)s2)sc2c1CCCC2. The molecule has 1 aliphatic rings. The first-order chi connectivity index (χ1) is 17.4. The van der Waals surface area contributed by atoms with E-state index >= 15 is 0 Å². The molecule has 4 rings (SSSR count). The van der Waals surface area contributed by atoms with E-state index in [2.05, 4.69) is 20.8 Å². The first-order valence-electron chi connectivity index (χ1n) is 11.9. The number of fused-ring (bicyclic) bond motifs is 1. The van der Waals surface area contributed by atoms with Gasteiger partial charge < -0.3 is 15.4 Å². The number of amides is 2. The van der Waals surface area contributed by atoms with Crippen LogP contribution in [0, 0.1) is 0 Å². The van der Waals surface area contributed by atoms with Gasteiger partial charge in [0.15, 0.2) is 4.34 Å². The molecule has 0 saturated carbocycles. The number of benzene rings is 1. The fourth-order valence-electron chi connectivity index (χ4n) is 3.88. The number of thiophene rings is 1. The summed E-state index contributed by atoms with van der Waals surface area (Å²) in [5.74, 6) is -0.748. The number of ether oxygens (including phenoxy) is 1. The zero-order valence-electron chi connectivity index (χ0n) is 20.2. The molecular weight excluding hydrogens is 517 g/mol. The molecule has 0 aliphatic heterocycles. The van der Waals surface area contributed by atoms with E-state index in [4.69, 9.17) is 4.74 Å². The Kier molecular flexibility index (Phi) is 9.11. The summed E-state index contributed by atoms with van der Waals surface area (Å²) in [6.07, 6.45) is 4.83. The maximum absolute atomic E-state index is 13.0. The van der Waals surface area contributed by atoms with Crippen LogP contribution in [0.1, 0.15) is 59.5 Å². The Bertz CT molecular complexity index is 1230. The van der Waals surface area contributed by atoms with Crippen molar-refractivity contribution in [2.24, 2.45) is 0 Å². The number of carbonyl (C=O) groups is 3. The summed E-state index contributed by atoms with van der Waals surface area (Å²) in [6.45, 7) is 3.83. The van der Waals surface area contributed by atoms with Crippen LogP contribution in [-0.2, 0) is 33.6 Å². The number of thioether (sulfide) groups is 1. The lowest BCUT2D eigenvalue weighted by Crippen LogP contribution is -2.23. The van der Waals surface area contributed by atoms with Crippen molar-refractivity contribution in [1.82, 2.24) is 10.2 Å². The predicted octanol–water partition coefficient (Wildman–Crippen LogP) is 5.35. The van der Waals surface area contributed by atoms with Crippen LogP contribution in [0.4, 0.5) is 10.1 Å². The minimum atomic E-state index is -0.478. The van der Waals surface area contributed by atoms with Crippen LogP contribution >= 0.6 is 34.4 Å². The van der Waals surface area contributed by atoms with E-state index in [9.17, 15) is 14.4 Å². The van der Waals surface area contributed by atoms with Crippen molar-refractivity contribution in [3.8, 4) is 0 Å². The Labute approximate surface area is 222 Å². The Hall–Kier alpha value is -2.76. The van der Waals surface area contributed by atoms with Crippen LogP contribution in [-0.4, -0.2) is 39.8 Å². The molecular formula is C25H28N4O4S3. The van der Waals surface area contributed by atoms with Crippen molar-refractivity contribution in [3.05, 3.63) is 51.9 Å². The number of anilines is 2. The zero-order valence-corrected chi connectivity index (χ0v) is 22.6. The zero-order chi connectivity index (χ0) is 25.5. The number of esters is 1. The topological polar surface area (TPSA) is 110 Å². The maximum Gasteiger partial charge on any atom is 0.341 e. The summed E-state index contributed by atoms with van der Waals surface area (Å²) in [5, 5.41) is 14.3. The second-order valence-corrected chi connectivity index (χ2v) is 12.0. The van der Waals surface area contributed by atoms with Crippen molar-refractivity contribution in [1.29, 1.82) is 0 Å². The van der Waals surface area contributed by atoms with E-state index in [1.54, 1.807) is 13.8 Å². The molecule has 0 radical (unpaired) electrons.